The van der Waals surface area contributed by atoms with Crippen LogP contribution in [0.15, 0.2) is 54.9 Å². The summed E-state index contributed by atoms with van der Waals surface area (Å²) in [6.07, 6.45) is 0.547. The maximum atomic E-state index is 13.9. The summed E-state index contributed by atoms with van der Waals surface area (Å²) in [5.74, 6) is 1.48. The fourth-order valence-corrected chi connectivity index (χ4v) is 5.65. The number of carbonyl (C=O) groups is 1. The fraction of sp³-hybridized carbons (Fsp3) is 0.370. The van der Waals surface area contributed by atoms with Crippen molar-refractivity contribution >= 4 is 28.4 Å². The zero-order valence-electron chi connectivity index (χ0n) is 19.9. The lowest BCUT2D eigenvalue weighted by Gasteiger charge is -2.44. The fourth-order valence-electron chi connectivity index (χ4n) is 5.48. The summed E-state index contributed by atoms with van der Waals surface area (Å²) in [7, 11) is 0. The van der Waals surface area contributed by atoms with Crippen LogP contribution < -0.4 is 5.32 Å². The molecule has 1 fully saturated rings. The summed E-state index contributed by atoms with van der Waals surface area (Å²) < 4.78 is 0. The number of amides is 1. The van der Waals surface area contributed by atoms with Gasteiger partial charge in [0.15, 0.2) is 0 Å². The largest absolute Gasteiger partial charge is 0.508 e. The minimum absolute atomic E-state index is 0.0519. The van der Waals surface area contributed by atoms with E-state index in [0.29, 0.717) is 36.3 Å². The monoisotopic (exact) mass is 478 g/mol. The Bertz CT molecular complexity index is 1280. The Balaban J connectivity index is 1.61. The van der Waals surface area contributed by atoms with Gasteiger partial charge in [0.2, 0.25) is 0 Å². The van der Waals surface area contributed by atoms with Gasteiger partial charge in [-0.3, -0.25) is 9.69 Å². The molecule has 3 aromatic rings. The molecule has 2 aliphatic rings. The SMILES string of the molecule is C=C1N(CCNCC(C)C)C(=O)[C@]2(C)Cc3c([nH]c4ccc(Cl)cc34)[C@@H](c3cccc(O)c3)N12. The Hall–Kier alpha value is -2.96. The van der Waals surface area contributed by atoms with Gasteiger partial charge in [0.25, 0.3) is 5.91 Å². The van der Waals surface area contributed by atoms with Gasteiger partial charge < -0.3 is 20.3 Å². The molecule has 0 aliphatic carbocycles. The highest BCUT2D eigenvalue weighted by molar-refractivity contribution is 6.31. The minimum Gasteiger partial charge on any atom is -0.508 e. The van der Waals surface area contributed by atoms with Gasteiger partial charge in [-0.1, -0.05) is 44.2 Å². The molecule has 2 aliphatic heterocycles. The van der Waals surface area contributed by atoms with Crippen molar-refractivity contribution in [3.8, 4) is 5.75 Å². The molecule has 0 unspecified atom stereocenters. The van der Waals surface area contributed by atoms with Crippen molar-refractivity contribution in [2.75, 3.05) is 19.6 Å². The summed E-state index contributed by atoms with van der Waals surface area (Å²) in [5, 5.41) is 15.4. The topological polar surface area (TPSA) is 71.6 Å². The number of benzene rings is 2. The Morgan fingerprint density at radius 2 is 2.09 bits per heavy atom. The first-order valence-electron chi connectivity index (χ1n) is 11.8. The second-order valence-corrected chi connectivity index (χ2v) is 10.4. The van der Waals surface area contributed by atoms with E-state index in [1.165, 1.54) is 0 Å². The molecule has 0 radical (unpaired) electrons. The molecule has 0 spiro atoms. The van der Waals surface area contributed by atoms with Gasteiger partial charge in [-0.25, -0.2) is 0 Å². The summed E-state index contributed by atoms with van der Waals surface area (Å²) in [6.45, 7) is 12.9. The number of nitrogens with zero attached hydrogens (tertiary/aromatic N) is 2. The molecule has 3 N–H and O–H groups in total. The van der Waals surface area contributed by atoms with Gasteiger partial charge in [0.05, 0.1) is 6.04 Å². The first kappa shape index (κ1) is 22.8. The van der Waals surface area contributed by atoms with Crippen molar-refractivity contribution in [1.82, 2.24) is 20.1 Å². The minimum atomic E-state index is -0.796. The highest BCUT2D eigenvalue weighted by Gasteiger charge is 2.57. The van der Waals surface area contributed by atoms with E-state index in [0.717, 1.165) is 34.3 Å². The predicted molar refractivity (Wildman–Crippen MR) is 136 cm³/mol. The van der Waals surface area contributed by atoms with Gasteiger partial charge >= 0.3 is 0 Å². The van der Waals surface area contributed by atoms with Crippen LogP contribution in [0.1, 0.15) is 43.6 Å². The van der Waals surface area contributed by atoms with Crippen molar-refractivity contribution in [3.63, 3.8) is 0 Å². The third-order valence-corrected chi connectivity index (χ3v) is 7.27. The molecular formula is C27H31ClN4O2. The van der Waals surface area contributed by atoms with Crippen molar-refractivity contribution in [1.29, 1.82) is 0 Å². The third-order valence-electron chi connectivity index (χ3n) is 7.03. The van der Waals surface area contributed by atoms with Gasteiger partial charge in [-0.05, 0) is 60.8 Å². The van der Waals surface area contributed by atoms with E-state index in [1.54, 1.807) is 12.1 Å². The number of fused-ring (bicyclic) bond motifs is 4. The zero-order chi connectivity index (χ0) is 24.2. The first-order valence-corrected chi connectivity index (χ1v) is 12.2. The summed E-state index contributed by atoms with van der Waals surface area (Å²) in [4.78, 5) is 21.4. The lowest BCUT2D eigenvalue weighted by atomic mass is 9.81. The lowest BCUT2D eigenvalue weighted by molar-refractivity contribution is -0.133. The predicted octanol–water partition coefficient (Wildman–Crippen LogP) is 4.79. The standard InChI is InChI=1S/C27H31ClN4O2/c1-16(2)15-29-10-11-31-17(3)32-25(18-6-5-7-20(33)12-18)24-22(14-27(32,4)26(31)34)21-13-19(28)8-9-23(21)30-24/h5-9,12-13,16,25,29-30,33H,3,10-11,14-15H2,1-2,4H3/t25-,27+/m1/s1. The number of rotatable bonds is 6. The zero-order valence-corrected chi connectivity index (χ0v) is 20.6. The second-order valence-electron chi connectivity index (χ2n) is 10.00. The van der Waals surface area contributed by atoms with Crippen LogP contribution in [0.3, 0.4) is 0 Å². The smallest absolute Gasteiger partial charge is 0.254 e. The molecule has 34 heavy (non-hydrogen) atoms. The van der Waals surface area contributed by atoms with Crippen LogP contribution in [0.5, 0.6) is 5.75 Å². The average Bonchev–Trinajstić information content (AvgIpc) is 3.22. The van der Waals surface area contributed by atoms with Crippen LogP contribution in [-0.4, -0.2) is 51.0 Å². The Morgan fingerprint density at radius 3 is 2.82 bits per heavy atom. The van der Waals surface area contributed by atoms with Crippen LogP contribution in [0.4, 0.5) is 0 Å². The van der Waals surface area contributed by atoms with Crippen molar-refractivity contribution in [2.45, 2.75) is 38.8 Å². The highest BCUT2D eigenvalue weighted by Crippen LogP contribution is 2.51. The second kappa shape index (κ2) is 8.36. The Labute approximate surface area is 205 Å². The number of aromatic hydroxyl groups is 1. The molecule has 1 amide bonds. The number of phenols is 1. The summed E-state index contributed by atoms with van der Waals surface area (Å²) >= 11 is 6.35. The lowest BCUT2D eigenvalue weighted by Crippen LogP contribution is -2.52. The van der Waals surface area contributed by atoms with E-state index >= 15 is 0 Å². The van der Waals surface area contributed by atoms with E-state index < -0.39 is 5.54 Å². The van der Waals surface area contributed by atoms with Gasteiger partial charge in [0, 0.05) is 41.1 Å². The molecule has 5 rings (SSSR count). The Kier molecular flexibility index (Phi) is 5.61. The number of phenolic OH excluding ortho intramolecular Hbond substituents is 1. The number of carbonyl (C=O) groups excluding carboxylic acids is 1. The molecule has 2 atom stereocenters. The number of nitrogens with one attached hydrogen (secondary N) is 2. The molecule has 178 valence electrons. The van der Waals surface area contributed by atoms with Crippen molar-refractivity contribution in [3.05, 3.63) is 76.7 Å². The van der Waals surface area contributed by atoms with Crippen LogP contribution in [0.2, 0.25) is 5.02 Å². The average molecular weight is 479 g/mol. The van der Waals surface area contributed by atoms with Crippen LogP contribution in [-0.2, 0) is 11.2 Å². The molecule has 0 saturated carbocycles. The number of hydrogen-bond acceptors (Lipinski definition) is 4. The van der Waals surface area contributed by atoms with E-state index in [4.69, 9.17) is 11.6 Å². The third kappa shape index (κ3) is 3.56. The summed E-state index contributed by atoms with van der Waals surface area (Å²) in [6, 6.07) is 12.8. The van der Waals surface area contributed by atoms with Crippen LogP contribution >= 0.6 is 11.6 Å². The molecule has 2 aromatic carbocycles. The van der Waals surface area contributed by atoms with Crippen molar-refractivity contribution < 1.29 is 9.90 Å². The number of halogens is 1. The number of hydrogen-bond donors (Lipinski definition) is 3. The normalized spacial score (nSPS) is 22.1. The first-order chi connectivity index (χ1) is 16.2. The molecule has 7 heteroatoms. The molecule has 0 bridgehead atoms. The maximum Gasteiger partial charge on any atom is 0.254 e. The van der Waals surface area contributed by atoms with E-state index in [1.807, 2.05) is 42.2 Å². The van der Waals surface area contributed by atoms with Gasteiger partial charge in [-0.2, -0.15) is 0 Å². The van der Waals surface area contributed by atoms with Crippen LogP contribution in [0, 0.1) is 5.92 Å². The van der Waals surface area contributed by atoms with Gasteiger partial charge in [-0.15, -0.1) is 0 Å². The quantitative estimate of drug-likeness (QED) is 0.445. The maximum absolute atomic E-state index is 13.9. The molecule has 3 heterocycles. The summed E-state index contributed by atoms with van der Waals surface area (Å²) in [5.41, 5.74) is 3.19. The van der Waals surface area contributed by atoms with E-state index in [-0.39, 0.29) is 17.7 Å². The van der Waals surface area contributed by atoms with E-state index in [2.05, 4.69) is 35.6 Å². The highest BCUT2D eigenvalue weighted by atomic mass is 35.5. The number of H-pyrrole nitrogens is 1. The number of aromatic amines is 1. The van der Waals surface area contributed by atoms with E-state index in [9.17, 15) is 9.90 Å². The van der Waals surface area contributed by atoms with Gasteiger partial charge in [0.1, 0.15) is 17.1 Å². The molecule has 1 aromatic heterocycles. The molecular weight excluding hydrogens is 448 g/mol. The number of aromatic nitrogens is 1. The van der Waals surface area contributed by atoms with Crippen molar-refractivity contribution in [2.24, 2.45) is 5.92 Å². The molecule has 6 nitrogen and oxygen atoms in total. The molecule has 1 saturated heterocycles. The van der Waals surface area contributed by atoms with Crippen LogP contribution in [0.25, 0.3) is 10.9 Å². The Morgan fingerprint density at radius 1 is 1.29 bits per heavy atom.